The van der Waals surface area contributed by atoms with Crippen LogP contribution in [-0.4, -0.2) is 17.9 Å². The molecule has 0 bridgehead atoms. The second-order valence-corrected chi connectivity index (χ2v) is 7.06. The van der Waals surface area contributed by atoms with Gasteiger partial charge in [0.1, 0.15) is 11.9 Å². The predicted octanol–water partition coefficient (Wildman–Crippen LogP) is 2.95. The average Bonchev–Trinajstić information content (AvgIpc) is 2.54. The first kappa shape index (κ1) is 18.6. The minimum atomic E-state index is -0.910. The molecule has 0 aromatic heterocycles. The van der Waals surface area contributed by atoms with Crippen LogP contribution >= 0.6 is 0 Å². The van der Waals surface area contributed by atoms with Gasteiger partial charge in [0.15, 0.2) is 0 Å². The van der Waals surface area contributed by atoms with Gasteiger partial charge in [-0.2, -0.15) is 0 Å². The zero-order valence-electron chi connectivity index (χ0n) is 14.7. The third kappa shape index (κ3) is 4.89. The molecule has 2 aromatic rings. The lowest BCUT2D eigenvalue weighted by Crippen LogP contribution is -2.46. The third-order valence-corrected chi connectivity index (χ3v) is 4.03. The smallest absolute Gasteiger partial charge is 0.254 e. The van der Waals surface area contributed by atoms with Crippen LogP contribution < -0.4 is 11.1 Å². The van der Waals surface area contributed by atoms with Crippen molar-refractivity contribution in [2.24, 2.45) is 5.73 Å². The first-order chi connectivity index (χ1) is 11.7. The highest BCUT2D eigenvalue weighted by Gasteiger charge is 2.21. The van der Waals surface area contributed by atoms with Crippen molar-refractivity contribution in [3.8, 4) is 0 Å². The minimum absolute atomic E-state index is 0.0284. The summed E-state index contributed by atoms with van der Waals surface area (Å²) in [6, 6.07) is 12.5. The van der Waals surface area contributed by atoms with E-state index in [-0.39, 0.29) is 17.4 Å². The number of halogens is 1. The molecule has 132 valence electrons. The van der Waals surface area contributed by atoms with E-state index >= 15 is 0 Å². The van der Waals surface area contributed by atoms with Gasteiger partial charge in [-0.15, -0.1) is 0 Å². The van der Waals surface area contributed by atoms with Crippen LogP contribution in [0.3, 0.4) is 0 Å². The molecule has 4 nitrogen and oxygen atoms in total. The third-order valence-electron chi connectivity index (χ3n) is 4.03. The van der Waals surface area contributed by atoms with Crippen LogP contribution in [-0.2, 0) is 16.6 Å². The molecule has 3 N–H and O–H groups in total. The Labute approximate surface area is 147 Å². The number of nitrogens with one attached hydrogen (secondary N) is 1. The number of rotatable bonds is 5. The molecule has 1 atom stereocenters. The first-order valence-electron chi connectivity index (χ1n) is 8.12. The van der Waals surface area contributed by atoms with Crippen LogP contribution in [0.25, 0.3) is 0 Å². The Bertz CT molecular complexity index is 764. The molecular formula is C20H23FN2O2. The fourth-order valence-electron chi connectivity index (χ4n) is 2.48. The summed E-state index contributed by atoms with van der Waals surface area (Å²) in [5.74, 6) is -1.96. The van der Waals surface area contributed by atoms with Crippen molar-refractivity contribution in [2.75, 3.05) is 0 Å². The van der Waals surface area contributed by atoms with Crippen LogP contribution in [0.15, 0.2) is 48.5 Å². The summed E-state index contributed by atoms with van der Waals surface area (Å²) in [7, 11) is 0. The Morgan fingerprint density at radius 3 is 2.20 bits per heavy atom. The van der Waals surface area contributed by atoms with Gasteiger partial charge in [-0.3, -0.25) is 9.59 Å². The van der Waals surface area contributed by atoms with Gasteiger partial charge >= 0.3 is 0 Å². The van der Waals surface area contributed by atoms with Crippen molar-refractivity contribution in [3.05, 3.63) is 71.0 Å². The van der Waals surface area contributed by atoms with Crippen molar-refractivity contribution < 1.29 is 14.0 Å². The molecule has 0 unspecified atom stereocenters. The Balaban J connectivity index is 2.12. The Morgan fingerprint density at radius 2 is 1.68 bits per heavy atom. The van der Waals surface area contributed by atoms with Gasteiger partial charge in [0.05, 0.1) is 5.56 Å². The minimum Gasteiger partial charge on any atom is -0.368 e. The molecular weight excluding hydrogens is 319 g/mol. The molecule has 5 heteroatoms. The molecule has 0 aliphatic rings. The standard InChI is InChI=1S/C20H23FN2O2/c1-20(2,3)14-10-8-13(9-11-14)12-17(18(22)24)23-19(25)15-6-4-5-7-16(15)21/h4-11,17H,12H2,1-3H3,(H2,22,24)(H,23,25)/t17-/m1/s1. The van der Waals surface area contributed by atoms with Crippen LogP contribution in [0.5, 0.6) is 0 Å². The lowest BCUT2D eigenvalue weighted by molar-refractivity contribution is -0.119. The van der Waals surface area contributed by atoms with E-state index < -0.39 is 23.7 Å². The van der Waals surface area contributed by atoms with Crippen molar-refractivity contribution in [2.45, 2.75) is 38.6 Å². The van der Waals surface area contributed by atoms with Gasteiger partial charge < -0.3 is 11.1 Å². The van der Waals surface area contributed by atoms with Crippen molar-refractivity contribution in [3.63, 3.8) is 0 Å². The number of carbonyl (C=O) groups is 2. The summed E-state index contributed by atoms with van der Waals surface area (Å²) in [5, 5.41) is 2.51. The Hall–Kier alpha value is -2.69. The molecule has 0 aliphatic heterocycles. The monoisotopic (exact) mass is 342 g/mol. The quantitative estimate of drug-likeness (QED) is 0.877. The maximum atomic E-state index is 13.7. The highest BCUT2D eigenvalue weighted by molar-refractivity contribution is 5.97. The maximum absolute atomic E-state index is 13.7. The van der Waals surface area contributed by atoms with Gasteiger partial charge in [-0.25, -0.2) is 4.39 Å². The highest BCUT2D eigenvalue weighted by atomic mass is 19.1. The van der Waals surface area contributed by atoms with Crippen LogP contribution in [0.2, 0.25) is 0 Å². The SMILES string of the molecule is CC(C)(C)c1ccc(C[C@@H](NC(=O)c2ccccc2F)C(N)=O)cc1. The predicted molar refractivity (Wildman–Crippen MR) is 95.7 cm³/mol. The maximum Gasteiger partial charge on any atom is 0.254 e. The molecule has 2 aromatic carbocycles. The zero-order valence-corrected chi connectivity index (χ0v) is 14.7. The van der Waals surface area contributed by atoms with E-state index in [1.165, 1.54) is 23.8 Å². The fourth-order valence-corrected chi connectivity index (χ4v) is 2.48. The Kier molecular flexibility index (Phi) is 5.57. The number of hydrogen-bond donors (Lipinski definition) is 2. The van der Waals surface area contributed by atoms with Gasteiger partial charge in [-0.1, -0.05) is 57.2 Å². The molecule has 0 saturated carbocycles. The second kappa shape index (κ2) is 7.47. The normalized spacial score (nSPS) is 12.5. The lowest BCUT2D eigenvalue weighted by Gasteiger charge is -2.20. The molecule has 0 fully saturated rings. The number of primary amides is 1. The zero-order chi connectivity index (χ0) is 18.6. The van der Waals surface area contributed by atoms with Crippen molar-refractivity contribution in [1.29, 1.82) is 0 Å². The van der Waals surface area contributed by atoms with E-state index in [0.29, 0.717) is 0 Å². The van der Waals surface area contributed by atoms with Crippen LogP contribution in [0.4, 0.5) is 4.39 Å². The van der Waals surface area contributed by atoms with E-state index in [0.717, 1.165) is 5.56 Å². The van der Waals surface area contributed by atoms with Crippen molar-refractivity contribution >= 4 is 11.8 Å². The summed E-state index contributed by atoms with van der Waals surface area (Å²) in [6.07, 6.45) is 0.250. The number of amides is 2. The summed E-state index contributed by atoms with van der Waals surface area (Å²) in [4.78, 5) is 23.9. The van der Waals surface area contributed by atoms with E-state index in [4.69, 9.17) is 5.73 Å². The molecule has 2 rings (SSSR count). The molecule has 0 heterocycles. The van der Waals surface area contributed by atoms with Gasteiger partial charge in [0, 0.05) is 6.42 Å². The van der Waals surface area contributed by atoms with Crippen molar-refractivity contribution in [1.82, 2.24) is 5.32 Å². The van der Waals surface area contributed by atoms with E-state index in [1.807, 2.05) is 24.3 Å². The van der Waals surface area contributed by atoms with Crippen LogP contribution in [0.1, 0.15) is 42.3 Å². The topological polar surface area (TPSA) is 72.2 Å². The molecule has 0 aliphatic carbocycles. The number of nitrogens with two attached hydrogens (primary N) is 1. The number of carbonyl (C=O) groups excluding carboxylic acids is 2. The van der Waals surface area contributed by atoms with E-state index in [9.17, 15) is 14.0 Å². The first-order valence-corrected chi connectivity index (χ1v) is 8.12. The second-order valence-electron chi connectivity index (χ2n) is 7.06. The number of hydrogen-bond acceptors (Lipinski definition) is 2. The molecule has 0 saturated heterocycles. The number of benzene rings is 2. The molecule has 0 spiro atoms. The summed E-state index contributed by atoms with van der Waals surface area (Å²) >= 11 is 0. The lowest BCUT2D eigenvalue weighted by atomic mass is 9.86. The Morgan fingerprint density at radius 1 is 1.08 bits per heavy atom. The fraction of sp³-hybridized carbons (Fsp3) is 0.300. The molecule has 0 radical (unpaired) electrons. The van der Waals surface area contributed by atoms with Gasteiger partial charge in [0.25, 0.3) is 5.91 Å². The van der Waals surface area contributed by atoms with E-state index in [1.54, 1.807) is 6.07 Å². The van der Waals surface area contributed by atoms with Crippen LogP contribution in [0, 0.1) is 5.82 Å². The van der Waals surface area contributed by atoms with Gasteiger partial charge in [-0.05, 0) is 28.7 Å². The highest BCUT2D eigenvalue weighted by Crippen LogP contribution is 2.22. The largest absolute Gasteiger partial charge is 0.368 e. The average molecular weight is 342 g/mol. The molecule has 25 heavy (non-hydrogen) atoms. The summed E-state index contributed by atoms with van der Waals surface area (Å²) in [5.41, 5.74) is 7.35. The summed E-state index contributed by atoms with van der Waals surface area (Å²) in [6.45, 7) is 6.34. The van der Waals surface area contributed by atoms with Gasteiger partial charge in [0.2, 0.25) is 5.91 Å². The summed E-state index contributed by atoms with van der Waals surface area (Å²) < 4.78 is 13.7. The molecule has 2 amide bonds. The van der Waals surface area contributed by atoms with E-state index in [2.05, 4.69) is 26.1 Å².